The molecule has 0 aliphatic carbocycles. The molecule has 2 N–H and O–H groups in total. The van der Waals surface area contributed by atoms with E-state index in [1.807, 2.05) is 76.1 Å². The summed E-state index contributed by atoms with van der Waals surface area (Å²) in [6, 6.07) is 20.7. The van der Waals surface area contributed by atoms with E-state index in [4.69, 9.17) is 16.6 Å². The van der Waals surface area contributed by atoms with Crippen LogP contribution in [-0.4, -0.2) is 30.0 Å². The van der Waals surface area contributed by atoms with Crippen molar-refractivity contribution in [3.63, 3.8) is 0 Å². The summed E-state index contributed by atoms with van der Waals surface area (Å²) in [6.45, 7) is 0. The maximum absolute atomic E-state index is 13.4. The Labute approximate surface area is 221 Å². The quantitative estimate of drug-likeness (QED) is 0.263. The van der Waals surface area contributed by atoms with Crippen molar-refractivity contribution in [1.82, 2.24) is 23.9 Å². The maximum atomic E-state index is 13.4. The zero-order valence-corrected chi connectivity index (χ0v) is 20.5. The van der Waals surface area contributed by atoms with Gasteiger partial charge >= 0.3 is 6.03 Å². The molecule has 0 aliphatic heterocycles. The average molecular weight is 524 g/mol. The summed E-state index contributed by atoms with van der Waals surface area (Å²) in [5.41, 5.74) is 4.89. The van der Waals surface area contributed by atoms with Gasteiger partial charge in [0, 0.05) is 47.3 Å². The van der Waals surface area contributed by atoms with Crippen molar-refractivity contribution in [2.75, 3.05) is 10.6 Å². The number of anilines is 2. The highest BCUT2D eigenvalue weighted by molar-refractivity contribution is 6.31. The van der Waals surface area contributed by atoms with E-state index in [0.717, 1.165) is 16.8 Å². The molecule has 0 fully saturated rings. The molecule has 6 aromatic rings. The van der Waals surface area contributed by atoms with Crippen molar-refractivity contribution in [2.24, 2.45) is 0 Å². The first-order valence-corrected chi connectivity index (χ1v) is 12.0. The highest BCUT2D eigenvalue weighted by Crippen LogP contribution is 2.26. The number of carbonyl (C=O) groups excluding carboxylic acids is 1. The van der Waals surface area contributed by atoms with Crippen LogP contribution in [0.25, 0.3) is 34.0 Å². The third kappa shape index (κ3) is 4.70. The van der Waals surface area contributed by atoms with E-state index in [1.165, 1.54) is 18.2 Å². The molecule has 0 atom stereocenters. The van der Waals surface area contributed by atoms with Gasteiger partial charge in [-0.1, -0.05) is 54.1 Å². The Balaban J connectivity index is 1.29. The molecular weight excluding hydrogens is 505 g/mol. The Kier molecular flexibility index (Phi) is 6.03. The number of urea groups is 1. The van der Waals surface area contributed by atoms with Gasteiger partial charge in [-0.3, -0.25) is 4.57 Å². The number of halogens is 2. The number of nitrogens with one attached hydrogen (secondary N) is 2. The van der Waals surface area contributed by atoms with Crippen LogP contribution in [0.5, 0.6) is 0 Å². The van der Waals surface area contributed by atoms with Crippen LogP contribution in [0.15, 0.2) is 104 Å². The summed E-state index contributed by atoms with van der Waals surface area (Å²) < 4.78 is 17.1. The van der Waals surface area contributed by atoms with Gasteiger partial charge in [-0.05, 0) is 30.3 Å². The molecule has 3 aromatic carbocycles. The van der Waals surface area contributed by atoms with Gasteiger partial charge in [-0.15, -0.1) is 0 Å². The van der Waals surface area contributed by atoms with Gasteiger partial charge in [0.2, 0.25) is 0 Å². The van der Waals surface area contributed by atoms with E-state index in [1.54, 1.807) is 18.6 Å². The van der Waals surface area contributed by atoms with Crippen LogP contribution >= 0.6 is 11.6 Å². The van der Waals surface area contributed by atoms with Crippen LogP contribution in [0.4, 0.5) is 20.6 Å². The molecule has 0 spiro atoms. The number of fused-ring (bicyclic) bond motifs is 1. The number of aromatic nitrogens is 5. The maximum Gasteiger partial charge on any atom is 0.323 e. The molecule has 0 unspecified atom stereocenters. The molecule has 3 heterocycles. The van der Waals surface area contributed by atoms with Crippen LogP contribution in [0.3, 0.4) is 0 Å². The standard InChI is InChI=1S/C28H19ClFN7O/c29-22-14-21(9-10-23(22)30)34-28(38)33-20-8-4-7-19(13-20)25-16-36-12-11-31-26(36)27(35-25)37-15-24(32-17-37)18-5-2-1-3-6-18/h1-17H,(H2,33,34,38). The first kappa shape index (κ1) is 23.4. The Morgan fingerprint density at radius 1 is 0.842 bits per heavy atom. The van der Waals surface area contributed by atoms with Crippen molar-refractivity contribution in [1.29, 1.82) is 0 Å². The molecular formula is C28H19ClFN7O. The van der Waals surface area contributed by atoms with E-state index in [0.29, 0.717) is 28.5 Å². The second-order valence-electron chi connectivity index (χ2n) is 8.43. The SMILES string of the molecule is O=C(Nc1cccc(-c2cn3ccnc3c(-n3cnc(-c4ccccc4)c3)n2)c1)Nc1ccc(F)c(Cl)c1. The lowest BCUT2D eigenvalue weighted by Gasteiger charge is -2.11. The molecule has 0 radical (unpaired) electrons. The summed E-state index contributed by atoms with van der Waals surface area (Å²) in [7, 11) is 0. The Morgan fingerprint density at radius 2 is 1.63 bits per heavy atom. The minimum absolute atomic E-state index is 0.0737. The Hall–Kier alpha value is -5.02. The van der Waals surface area contributed by atoms with Gasteiger partial charge in [0.05, 0.1) is 16.4 Å². The first-order chi connectivity index (χ1) is 18.5. The Morgan fingerprint density at radius 3 is 2.45 bits per heavy atom. The van der Waals surface area contributed by atoms with Crippen molar-refractivity contribution in [3.8, 4) is 28.3 Å². The summed E-state index contributed by atoms with van der Waals surface area (Å²) in [6.07, 6.45) is 9.07. The lowest BCUT2D eigenvalue weighted by atomic mass is 10.1. The third-order valence-corrected chi connectivity index (χ3v) is 6.14. The fourth-order valence-corrected chi connectivity index (χ4v) is 4.23. The van der Waals surface area contributed by atoms with Crippen LogP contribution in [0.1, 0.15) is 0 Å². The van der Waals surface area contributed by atoms with Gasteiger partial charge in [0.25, 0.3) is 0 Å². The zero-order chi connectivity index (χ0) is 26.1. The van der Waals surface area contributed by atoms with E-state index >= 15 is 0 Å². The largest absolute Gasteiger partial charge is 0.323 e. The monoisotopic (exact) mass is 523 g/mol. The molecule has 0 saturated heterocycles. The molecule has 2 amide bonds. The van der Waals surface area contributed by atoms with Crippen molar-refractivity contribution in [2.45, 2.75) is 0 Å². The number of nitrogens with zero attached hydrogens (tertiary/aromatic N) is 5. The molecule has 186 valence electrons. The van der Waals surface area contributed by atoms with Crippen LogP contribution < -0.4 is 10.6 Å². The van der Waals surface area contributed by atoms with Crippen LogP contribution in [0.2, 0.25) is 5.02 Å². The zero-order valence-electron chi connectivity index (χ0n) is 19.7. The molecule has 3 aromatic heterocycles. The third-order valence-electron chi connectivity index (χ3n) is 5.85. The number of imidazole rings is 2. The summed E-state index contributed by atoms with van der Waals surface area (Å²) in [5.74, 6) is 0.0607. The first-order valence-electron chi connectivity index (χ1n) is 11.6. The topological polar surface area (TPSA) is 89.1 Å². The molecule has 6 rings (SSSR count). The predicted octanol–water partition coefficient (Wildman–Crippen LogP) is 6.69. The van der Waals surface area contributed by atoms with E-state index in [9.17, 15) is 9.18 Å². The van der Waals surface area contributed by atoms with Crippen molar-refractivity contribution in [3.05, 3.63) is 115 Å². The van der Waals surface area contributed by atoms with Crippen molar-refractivity contribution < 1.29 is 9.18 Å². The van der Waals surface area contributed by atoms with Gasteiger partial charge in [-0.2, -0.15) is 0 Å². The molecule has 38 heavy (non-hydrogen) atoms. The van der Waals surface area contributed by atoms with E-state index in [2.05, 4.69) is 20.6 Å². The lowest BCUT2D eigenvalue weighted by Crippen LogP contribution is -2.19. The second kappa shape index (κ2) is 9.79. The smallest absolute Gasteiger partial charge is 0.308 e. The van der Waals surface area contributed by atoms with Gasteiger partial charge in [0.15, 0.2) is 11.5 Å². The van der Waals surface area contributed by atoms with E-state index < -0.39 is 11.8 Å². The highest BCUT2D eigenvalue weighted by Gasteiger charge is 2.14. The molecule has 10 heteroatoms. The highest BCUT2D eigenvalue weighted by atomic mass is 35.5. The summed E-state index contributed by atoms with van der Waals surface area (Å²) in [5, 5.41) is 5.36. The fourth-order valence-electron chi connectivity index (χ4n) is 4.05. The molecule has 0 bridgehead atoms. The van der Waals surface area contributed by atoms with Gasteiger partial charge in [-0.25, -0.2) is 24.1 Å². The minimum Gasteiger partial charge on any atom is -0.308 e. The average Bonchev–Trinajstić information content (AvgIpc) is 3.61. The number of benzene rings is 3. The van der Waals surface area contributed by atoms with Crippen LogP contribution in [0, 0.1) is 5.82 Å². The lowest BCUT2D eigenvalue weighted by molar-refractivity contribution is 0.262. The predicted molar refractivity (Wildman–Crippen MR) is 145 cm³/mol. The van der Waals surface area contributed by atoms with Gasteiger partial charge < -0.3 is 15.0 Å². The van der Waals surface area contributed by atoms with Gasteiger partial charge in [0.1, 0.15) is 12.1 Å². The fraction of sp³-hybridized carbons (Fsp3) is 0. The molecule has 0 saturated carbocycles. The summed E-state index contributed by atoms with van der Waals surface area (Å²) >= 11 is 5.80. The number of rotatable bonds is 5. The second-order valence-corrected chi connectivity index (χ2v) is 8.84. The normalized spacial score (nSPS) is 11.0. The number of carbonyl (C=O) groups is 1. The van der Waals surface area contributed by atoms with Crippen molar-refractivity contribution >= 4 is 34.7 Å². The Bertz CT molecular complexity index is 1780. The van der Waals surface area contributed by atoms with Crippen LogP contribution in [-0.2, 0) is 0 Å². The number of hydrogen-bond donors (Lipinski definition) is 2. The minimum atomic E-state index is -0.556. The number of amides is 2. The molecule has 8 nitrogen and oxygen atoms in total. The molecule has 0 aliphatic rings. The number of hydrogen-bond acceptors (Lipinski definition) is 4. The van der Waals surface area contributed by atoms with E-state index in [-0.39, 0.29) is 5.02 Å². The summed E-state index contributed by atoms with van der Waals surface area (Å²) in [4.78, 5) is 26.4.